The summed E-state index contributed by atoms with van der Waals surface area (Å²) < 4.78 is 25.9. The first-order valence-electron chi connectivity index (χ1n) is 11.0. The minimum Gasteiger partial charge on any atom is -0.382 e. The van der Waals surface area contributed by atoms with Crippen molar-refractivity contribution in [3.05, 3.63) is 65.9 Å². The first-order chi connectivity index (χ1) is 16.2. The Morgan fingerprint density at radius 3 is 2.15 bits per heavy atom. The lowest BCUT2D eigenvalue weighted by atomic mass is 10.2. The second-order valence-corrected chi connectivity index (χ2v) is 10.3. The predicted octanol–water partition coefficient (Wildman–Crippen LogP) is 2.27. The summed E-state index contributed by atoms with van der Waals surface area (Å²) in [6.45, 7) is 6.67. The van der Waals surface area contributed by atoms with Crippen LogP contribution >= 0.6 is 0 Å². The number of nitrogens with one attached hydrogen (secondary N) is 1. The SMILES string of the molecule is Cc1ccc(NC(=O)CN2CCN(c3ncc(S(=O)(=O)c4ccc(C)cc4)c(N)n3)CC2)cc1. The molecule has 0 radical (unpaired) electrons. The summed E-state index contributed by atoms with van der Waals surface area (Å²) in [5.74, 6) is 0.234. The standard InChI is InChI=1S/C24H28N6O3S/c1-17-3-7-19(8-4-17)27-22(31)16-29-11-13-30(14-12-29)24-26-15-21(23(25)28-24)34(32,33)20-9-5-18(2)6-10-20/h3-10,15H,11-14,16H2,1-2H3,(H,27,31)(H2,25,26,28). The van der Waals surface area contributed by atoms with Gasteiger partial charge < -0.3 is 16.0 Å². The Hall–Kier alpha value is -3.50. The van der Waals surface area contributed by atoms with Gasteiger partial charge in [-0.25, -0.2) is 13.4 Å². The molecule has 0 spiro atoms. The fourth-order valence-electron chi connectivity index (χ4n) is 3.72. The number of nitrogens with zero attached hydrogens (tertiary/aromatic N) is 4. The average molecular weight is 481 g/mol. The molecule has 9 nitrogen and oxygen atoms in total. The van der Waals surface area contributed by atoms with Crippen LogP contribution in [0.5, 0.6) is 0 Å². The van der Waals surface area contributed by atoms with Crippen LogP contribution in [0.3, 0.4) is 0 Å². The van der Waals surface area contributed by atoms with Gasteiger partial charge in [-0.15, -0.1) is 0 Å². The van der Waals surface area contributed by atoms with Gasteiger partial charge in [0, 0.05) is 31.9 Å². The van der Waals surface area contributed by atoms with Gasteiger partial charge in [0.25, 0.3) is 0 Å². The van der Waals surface area contributed by atoms with E-state index in [0.717, 1.165) is 16.8 Å². The van der Waals surface area contributed by atoms with Crippen LogP contribution in [0.1, 0.15) is 11.1 Å². The molecule has 4 rings (SSSR count). The zero-order valence-electron chi connectivity index (χ0n) is 19.2. The highest BCUT2D eigenvalue weighted by Gasteiger charge is 2.25. The Labute approximate surface area is 199 Å². The van der Waals surface area contributed by atoms with Crippen LogP contribution in [0, 0.1) is 13.8 Å². The lowest BCUT2D eigenvalue weighted by Gasteiger charge is -2.34. The largest absolute Gasteiger partial charge is 0.382 e. The van der Waals surface area contributed by atoms with Crippen molar-refractivity contribution in [2.24, 2.45) is 0 Å². The summed E-state index contributed by atoms with van der Waals surface area (Å²) >= 11 is 0. The van der Waals surface area contributed by atoms with Crippen LogP contribution in [-0.2, 0) is 14.6 Å². The highest BCUT2D eigenvalue weighted by atomic mass is 32.2. The lowest BCUT2D eigenvalue weighted by molar-refractivity contribution is -0.117. The number of aromatic nitrogens is 2. The van der Waals surface area contributed by atoms with Gasteiger partial charge in [-0.05, 0) is 38.1 Å². The van der Waals surface area contributed by atoms with Gasteiger partial charge in [-0.3, -0.25) is 9.69 Å². The smallest absolute Gasteiger partial charge is 0.238 e. The van der Waals surface area contributed by atoms with E-state index in [1.165, 1.54) is 6.20 Å². The normalized spacial score (nSPS) is 14.7. The second kappa shape index (κ2) is 9.78. The molecule has 1 aliphatic heterocycles. The third-order valence-corrected chi connectivity index (χ3v) is 7.53. The first-order valence-corrected chi connectivity index (χ1v) is 12.5. The molecule has 3 aromatic rings. The van der Waals surface area contributed by atoms with Gasteiger partial charge in [0.2, 0.25) is 21.7 Å². The van der Waals surface area contributed by atoms with Crippen LogP contribution in [-0.4, -0.2) is 61.9 Å². The molecule has 1 fully saturated rings. The van der Waals surface area contributed by atoms with Crippen molar-refractivity contribution in [3.8, 4) is 0 Å². The number of hydrogen-bond acceptors (Lipinski definition) is 8. The van der Waals surface area contributed by atoms with E-state index >= 15 is 0 Å². The Morgan fingerprint density at radius 2 is 1.56 bits per heavy atom. The molecular formula is C24H28N6O3S. The summed E-state index contributed by atoms with van der Waals surface area (Å²) in [5, 5.41) is 2.91. The van der Waals surface area contributed by atoms with Crippen molar-refractivity contribution in [2.75, 3.05) is 48.7 Å². The quantitative estimate of drug-likeness (QED) is 0.551. The summed E-state index contributed by atoms with van der Waals surface area (Å²) in [7, 11) is -3.81. The fourth-order valence-corrected chi connectivity index (χ4v) is 4.99. The van der Waals surface area contributed by atoms with Gasteiger partial charge in [-0.2, -0.15) is 4.98 Å². The van der Waals surface area contributed by atoms with Gasteiger partial charge in [0.1, 0.15) is 10.7 Å². The number of nitrogens with two attached hydrogens (primary N) is 1. The van der Waals surface area contributed by atoms with Crippen LogP contribution in [0.25, 0.3) is 0 Å². The van der Waals surface area contributed by atoms with Crippen molar-refractivity contribution in [1.29, 1.82) is 0 Å². The summed E-state index contributed by atoms with van der Waals surface area (Å²) in [6, 6.07) is 14.2. The first kappa shape index (κ1) is 23.7. The molecule has 2 aromatic carbocycles. The number of carbonyl (C=O) groups is 1. The van der Waals surface area contributed by atoms with E-state index in [9.17, 15) is 13.2 Å². The highest BCUT2D eigenvalue weighted by Crippen LogP contribution is 2.26. The molecule has 0 aliphatic carbocycles. The van der Waals surface area contributed by atoms with Crippen LogP contribution < -0.4 is 16.0 Å². The molecule has 34 heavy (non-hydrogen) atoms. The highest BCUT2D eigenvalue weighted by molar-refractivity contribution is 7.91. The van der Waals surface area contributed by atoms with Crippen molar-refractivity contribution >= 4 is 33.2 Å². The second-order valence-electron chi connectivity index (χ2n) is 8.41. The van der Waals surface area contributed by atoms with Crippen molar-refractivity contribution in [3.63, 3.8) is 0 Å². The van der Waals surface area contributed by atoms with Crippen molar-refractivity contribution < 1.29 is 13.2 Å². The number of anilines is 3. The molecule has 1 amide bonds. The summed E-state index contributed by atoms with van der Waals surface area (Å²) in [6.07, 6.45) is 1.27. The zero-order chi connectivity index (χ0) is 24.3. The molecule has 3 N–H and O–H groups in total. The number of sulfone groups is 1. The molecule has 0 saturated carbocycles. The van der Waals surface area contributed by atoms with E-state index in [0.29, 0.717) is 38.7 Å². The topological polar surface area (TPSA) is 122 Å². The number of rotatable bonds is 6. The number of carbonyl (C=O) groups excluding carboxylic acids is 1. The Kier molecular flexibility index (Phi) is 6.80. The molecule has 178 valence electrons. The monoisotopic (exact) mass is 480 g/mol. The number of nitrogen functional groups attached to an aromatic ring is 1. The van der Waals surface area contributed by atoms with E-state index in [1.54, 1.807) is 24.3 Å². The van der Waals surface area contributed by atoms with Gasteiger partial charge in [0.05, 0.1) is 17.6 Å². The van der Waals surface area contributed by atoms with E-state index in [2.05, 4.69) is 20.2 Å². The third-order valence-electron chi connectivity index (χ3n) is 5.75. The number of benzene rings is 2. The molecule has 1 aliphatic rings. The Bertz CT molecular complexity index is 1270. The van der Waals surface area contributed by atoms with E-state index in [-0.39, 0.29) is 21.5 Å². The maximum Gasteiger partial charge on any atom is 0.238 e. The Morgan fingerprint density at radius 1 is 0.971 bits per heavy atom. The summed E-state index contributed by atoms with van der Waals surface area (Å²) in [5.41, 5.74) is 8.91. The van der Waals surface area contributed by atoms with Gasteiger partial charge in [-0.1, -0.05) is 35.4 Å². The predicted molar refractivity (Wildman–Crippen MR) is 132 cm³/mol. The van der Waals surface area contributed by atoms with Gasteiger partial charge >= 0.3 is 0 Å². The fraction of sp³-hybridized carbons (Fsp3) is 0.292. The maximum atomic E-state index is 12.9. The third kappa shape index (κ3) is 5.35. The minimum atomic E-state index is -3.81. The maximum absolute atomic E-state index is 12.9. The zero-order valence-corrected chi connectivity index (χ0v) is 20.0. The molecule has 10 heteroatoms. The molecule has 0 bridgehead atoms. The summed E-state index contributed by atoms with van der Waals surface area (Å²) in [4.78, 5) is 25.0. The molecule has 1 saturated heterocycles. The molecule has 1 aromatic heterocycles. The van der Waals surface area contributed by atoms with Crippen molar-refractivity contribution in [1.82, 2.24) is 14.9 Å². The van der Waals surface area contributed by atoms with Crippen LogP contribution in [0.15, 0.2) is 64.5 Å². The number of hydrogen-bond donors (Lipinski definition) is 2. The average Bonchev–Trinajstić information content (AvgIpc) is 2.81. The van der Waals surface area contributed by atoms with E-state index in [4.69, 9.17) is 5.73 Å². The van der Waals surface area contributed by atoms with Gasteiger partial charge in [0.15, 0.2) is 0 Å². The van der Waals surface area contributed by atoms with Crippen LogP contribution in [0.2, 0.25) is 0 Å². The lowest BCUT2D eigenvalue weighted by Crippen LogP contribution is -2.49. The Balaban J connectivity index is 1.36. The van der Waals surface area contributed by atoms with E-state index < -0.39 is 9.84 Å². The molecule has 0 unspecified atom stereocenters. The molecule has 2 heterocycles. The number of aryl methyl sites for hydroxylation is 2. The van der Waals surface area contributed by atoms with Crippen molar-refractivity contribution in [2.45, 2.75) is 23.6 Å². The van der Waals surface area contributed by atoms with Crippen LogP contribution in [0.4, 0.5) is 17.5 Å². The molecular weight excluding hydrogens is 452 g/mol. The number of piperazine rings is 1. The molecule has 0 atom stereocenters. The van der Waals surface area contributed by atoms with E-state index in [1.807, 2.05) is 43.0 Å². The number of amides is 1. The minimum absolute atomic E-state index is 0.0662.